The highest BCUT2D eigenvalue weighted by molar-refractivity contribution is 6.41. The molecule has 3 rings (SSSR count). The van der Waals surface area contributed by atoms with Crippen LogP contribution in [0.5, 0.6) is 0 Å². The number of hydrogen-bond donors (Lipinski definition) is 1. The Hall–Kier alpha value is -0.570. The van der Waals surface area contributed by atoms with E-state index in [2.05, 4.69) is 16.4 Å². The Morgan fingerprint density at radius 3 is 2.80 bits per heavy atom. The lowest BCUT2D eigenvalue weighted by Gasteiger charge is -2.31. The SMILES string of the molecule is Clc1cc(C2=CC3CNC3C2)cnc1Cl. The summed E-state index contributed by atoms with van der Waals surface area (Å²) in [6.45, 7) is 1.10. The van der Waals surface area contributed by atoms with E-state index in [0.29, 0.717) is 22.1 Å². The van der Waals surface area contributed by atoms with E-state index < -0.39 is 0 Å². The smallest absolute Gasteiger partial charge is 0.147 e. The molecule has 2 heterocycles. The lowest BCUT2D eigenvalue weighted by Crippen LogP contribution is -2.49. The van der Waals surface area contributed by atoms with Gasteiger partial charge >= 0.3 is 0 Å². The molecular weight excluding hydrogens is 231 g/mol. The van der Waals surface area contributed by atoms with E-state index in [0.717, 1.165) is 18.5 Å². The number of pyridine rings is 1. The van der Waals surface area contributed by atoms with Crippen molar-refractivity contribution in [2.24, 2.45) is 5.92 Å². The molecule has 0 bridgehead atoms. The van der Waals surface area contributed by atoms with E-state index in [1.54, 1.807) is 6.20 Å². The standard InChI is InChI=1S/C11H10Cl2N2/c12-9-2-7(4-15-11(9)13)6-1-8-5-14-10(8)3-6/h1-2,4,8,10,14H,3,5H2. The van der Waals surface area contributed by atoms with E-state index in [1.165, 1.54) is 5.57 Å². The molecule has 2 unspecified atom stereocenters. The average molecular weight is 241 g/mol. The number of hydrogen-bond acceptors (Lipinski definition) is 2. The van der Waals surface area contributed by atoms with Crippen LogP contribution in [-0.4, -0.2) is 17.6 Å². The predicted octanol–water partition coefficient (Wildman–Crippen LogP) is 2.76. The van der Waals surface area contributed by atoms with Crippen LogP contribution in [0.25, 0.3) is 5.57 Å². The Labute approximate surface area is 98.3 Å². The second kappa shape index (κ2) is 3.48. The predicted molar refractivity (Wildman–Crippen MR) is 62.1 cm³/mol. The summed E-state index contributed by atoms with van der Waals surface area (Å²) in [6.07, 6.45) is 5.19. The minimum Gasteiger partial charge on any atom is -0.312 e. The summed E-state index contributed by atoms with van der Waals surface area (Å²) in [5.41, 5.74) is 2.43. The quantitative estimate of drug-likeness (QED) is 0.764. The minimum atomic E-state index is 0.375. The van der Waals surface area contributed by atoms with Crippen LogP contribution in [0.3, 0.4) is 0 Å². The minimum absolute atomic E-state index is 0.375. The summed E-state index contributed by atoms with van der Waals surface area (Å²) >= 11 is 11.7. The molecule has 0 aromatic carbocycles. The lowest BCUT2D eigenvalue weighted by atomic mass is 9.95. The lowest BCUT2D eigenvalue weighted by molar-refractivity contribution is 0.306. The van der Waals surface area contributed by atoms with Crippen molar-refractivity contribution in [3.63, 3.8) is 0 Å². The highest BCUT2D eigenvalue weighted by Gasteiger charge is 2.34. The Kier molecular flexibility index (Phi) is 2.23. The van der Waals surface area contributed by atoms with E-state index >= 15 is 0 Å². The maximum atomic E-state index is 5.94. The molecule has 78 valence electrons. The van der Waals surface area contributed by atoms with Crippen LogP contribution in [0.2, 0.25) is 10.2 Å². The van der Waals surface area contributed by atoms with Crippen LogP contribution in [0.1, 0.15) is 12.0 Å². The van der Waals surface area contributed by atoms with Gasteiger partial charge in [0.1, 0.15) is 5.15 Å². The number of fused-ring (bicyclic) bond motifs is 1. The summed E-state index contributed by atoms with van der Waals surface area (Å²) < 4.78 is 0. The number of aromatic nitrogens is 1. The maximum Gasteiger partial charge on any atom is 0.147 e. The van der Waals surface area contributed by atoms with Crippen LogP contribution < -0.4 is 5.32 Å². The number of nitrogens with zero attached hydrogens (tertiary/aromatic N) is 1. The zero-order valence-corrected chi connectivity index (χ0v) is 9.52. The molecule has 0 amide bonds. The molecule has 2 nitrogen and oxygen atoms in total. The summed E-state index contributed by atoms with van der Waals surface area (Å²) in [6, 6.07) is 2.53. The second-order valence-electron chi connectivity index (χ2n) is 4.07. The first kappa shape index (κ1) is 9.64. The van der Waals surface area contributed by atoms with Crippen molar-refractivity contribution in [3.05, 3.63) is 34.1 Å². The molecule has 1 saturated heterocycles. The van der Waals surface area contributed by atoms with Crippen LogP contribution in [-0.2, 0) is 0 Å². The van der Waals surface area contributed by atoms with Gasteiger partial charge in [0.15, 0.2) is 0 Å². The molecule has 1 fully saturated rings. The molecule has 15 heavy (non-hydrogen) atoms. The van der Waals surface area contributed by atoms with Crippen molar-refractivity contribution in [3.8, 4) is 0 Å². The highest BCUT2D eigenvalue weighted by atomic mass is 35.5. The van der Waals surface area contributed by atoms with E-state index in [-0.39, 0.29) is 0 Å². The summed E-state index contributed by atoms with van der Waals surface area (Å²) in [4.78, 5) is 4.07. The van der Waals surface area contributed by atoms with Gasteiger partial charge in [-0.25, -0.2) is 4.98 Å². The molecule has 1 aromatic rings. The highest BCUT2D eigenvalue weighted by Crippen LogP contribution is 2.36. The van der Waals surface area contributed by atoms with Crippen molar-refractivity contribution >= 4 is 28.8 Å². The first-order valence-corrected chi connectivity index (χ1v) is 5.75. The number of halogens is 2. The zero-order chi connectivity index (χ0) is 10.4. The maximum absolute atomic E-state index is 5.94. The Balaban J connectivity index is 1.93. The molecular formula is C11H10Cl2N2. The van der Waals surface area contributed by atoms with Gasteiger partial charge in [-0.1, -0.05) is 29.3 Å². The van der Waals surface area contributed by atoms with E-state index in [1.807, 2.05) is 6.07 Å². The topological polar surface area (TPSA) is 24.9 Å². The van der Waals surface area contributed by atoms with Gasteiger partial charge in [0, 0.05) is 24.7 Å². The fourth-order valence-electron chi connectivity index (χ4n) is 2.19. The van der Waals surface area contributed by atoms with E-state index in [4.69, 9.17) is 23.2 Å². The first-order valence-electron chi connectivity index (χ1n) is 4.99. The fraction of sp³-hybridized carbons (Fsp3) is 0.364. The van der Waals surface area contributed by atoms with Gasteiger partial charge in [0.25, 0.3) is 0 Å². The summed E-state index contributed by atoms with van der Waals surface area (Å²) in [7, 11) is 0. The van der Waals surface area contributed by atoms with E-state index in [9.17, 15) is 0 Å². The van der Waals surface area contributed by atoms with Gasteiger partial charge in [-0.3, -0.25) is 0 Å². The molecule has 0 saturated carbocycles. The molecule has 1 aliphatic heterocycles. The monoisotopic (exact) mass is 240 g/mol. The Morgan fingerprint density at radius 2 is 2.27 bits per heavy atom. The molecule has 1 N–H and O–H groups in total. The van der Waals surface area contributed by atoms with Crippen molar-refractivity contribution in [2.75, 3.05) is 6.54 Å². The van der Waals surface area contributed by atoms with Gasteiger partial charge in [-0.15, -0.1) is 0 Å². The van der Waals surface area contributed by atoms with Crippen LogP contribution in [0.4, 0.5) is 0 Å². The molecule has 2 aliphatic rings. The fourth-order valence-corrected chi connectivity index (χ4v) is 2.46. The number of nitrogens with one attached hydrogen (secondary N) is 1. The molecule has 2 atom stereocenters. The largest absolute Gasteiger partial charge is 0.312 e. The van der Waals surface area contributed by atoms with Gasteiger partial charge < -0.3 is 5.32 Å². The molecule has 0 radical (unpaired) electrons. The zero-order valence-electron chi connectivity index (χ0n) is 8.00. The molecule has 0 spiro atoms. The normalized spacial score (nSPS) is 28.3. The van der Waals surface area contributed by atoms with Crippen molar-refractivity contribution < 1.29 is 0 Å². The van der Waals surface area contributed by atoms with Crippen molar-refractivity contribution in [1.29, 1.82) is 0 Å². The average Bonchev–Trinajstić information content (AvgIpc) is 2.48. The molecule has 1 aromatic heterocycles. The molecule has 1 aliphatic carbocycles. The van der Waals surface area contributed by atoms with Gasteiger partial charge in [-0.2, -0.15) is 0 Å². The van der Waals surface area contributed by atoms with Crippen LogP contribution >= 0.6 is 23.2 Å². The third-order valence-corrected chi connectivity index (χ3v) is 3.84. The van der Waals surface area contributed by atoms with Crippen LogP contribution in [0.15, 0.2) is 18.3 Å². The Morgan fingerprint density at radius 1 is 1.40 bits per heavy atom. The van der Waals surface area contributed by atoms with Crippen molar-refractivity contribution in [1.82, 2.24) is 10.3 Å². The Bertz CT molecular complexity index is 442. The van der Waals surface area contributed by atoms with Crippen LogP contribution in [0, 0.1) is 5.92 Å². The summed E-state index contributed by atoms with van der Waals surface area (Å²) in [5, 5.41) is 4.31. The third-order valence-electron chi connectivity index (χ3n) is 3.15. The van der Waals surface area contributed by atoms with Gasteiger partial charge in [-0.05, 0) is 23.6 Å². The second-order valence-corrected chi connectivity index (χ2v) is 4.84. The molecule has 4 heteroatoms. The number of rotatable bonds is 1. The third kappa shape index (κ3) is 1.57. The summed E-state index contributed by atoms with van der Waals surface area (Å²) in [5.74, 6) is 0.703. The first-order chi connectivity index (χ1) is 7.24. The van der Waals surface area contributed by atoms with Gasteiger partial charge in [0.05, 0.1) is 5.02 Å². The van der Waals surface area contributed by atoms with Crippen molar-refractivity contribution in [2.45, 2.75) is 12.5 Å². The van der Waals surface area contributed by atoms with Gasteiger partial charge in [0.2, 0.25) is 0 Å².